The van der Waals surface area contributed by atoms with Crippen LogP contribution in [0.5, 0.6) is 0 Å². The molecule has 0 saturated heterocycles. The smallest absolute Gasteiger partial charge is 0.307 e. The minimum absolute atomic E-state index is 0.00555. The van der Waals surface area contributed by atoms with E-state index in [4.69, 9.17) is 5.11 Å². The molecule has 0 radical (unpaired) electrons. The molecule has 0 aromatic carbocycles. The first kappa shape index (κ1) is 14.1. The van der Waals surface area contributed by atoms with Crippen LogP contribution < -0.4 is 5.32 Å². The molecule has 2 aliphatic carbocycles. The van der Waals surface area contributed by atoms with Gasteiger partial charge in [0.15, 0.2) is 0 Å². The molecule has 0 aromatic heterocycles. The van der Waals surface area contributed by atoms with Crippen LogP contribution in [-0.4, -0.2) is 34.7 Å². The van der Waals surface area contributed by atoms with E-state index < -0.39 is 17.8 Å². The van der Waals surface area contributed by atoms with Gasteiger partial charge in [-0.25, -0.2) is 0 Å². The monoisotopic (exact) mass is 267 g/mol. The molecule has 1 fully saturated rings. The number of hydrogen-bond donors (Lipinski definition) is 3. The molecule has 19 heavy (non-hydrogen) atoms. The lowest BCUT2D eigenvalue weighted by Gasteiger charge is -2.25. The zero-order chi connectivity index (χ0) is 14.0. The van der Waals surface area contributed by atoms with Crippen LogP contribution in [-0.2, 0) is 9.59 Å². The molecule has 106 valence electrons. The Kier molecular flexibility index (Phi) is 4.24. The van der Waals surface area contributed by atoms with E-state index in [0.29, 0.717) is 12.8 Å². The lowest BCUT2D eigenvalue weighted by molar-refractivity contribution is -0.148. The van der Waals surface area contributed by atoms with Gasteiger partial charge in [-0.1, -0.05) is 12.2 Å². The Labute approximate surface area is 112 Å². The maximum atomic E-state index is 12.3. The van der Waals surface area contributed by atoms with Gasteiger partial charge in [0.25, 0.3) is 0 Å². The molecule has 1 saturated carbocycles. The highest BCUT2D eigenvalue weighted by Gasteiger charge is 2.51. The van der Waals surface area contributed by atoms with Crippen molar-refractivity contribution in [2.45, 2.75) is 32.2 Å². The van der Waals surface area contributed by atoms with Crippen LogP contribution in [0.3, 0.4) is 0 Å². The first-order valence-corrected chi connectivity index (χ1v) is 6.87. The molecule has 0 heterocycles. The van der Waals surface area contributed by atoms with Crippen LogP contribution in [0.2, 0.25) is 0 Å². The van der Waals surface area contributed by atoms with Crippen molar-refractivity contribution in [1.82, 2.24) is 5.32 Å². The summed E-state index contributed by atoms with van der Waals surface area (Å²) in [6, 6.07) is -0.0304. The molecule has 5 heteroatoms. The highest BCUT2D eigenvalue weighted by Crippen LogP contribution is 2.48. The molecule has 0 spiro atoms. The van der Waals surface area contributed by atoms with E-state index in [1.54, 1.807) is 0 Å². The minimum Gasteiger partial charge on any atom is -0.481 e. The summed E-state index contributed by atoms with van der Waals surface area (Å²) >= 11 is 0. The van der Waals surface area contributed by atoms with Gasteiger partial charge in [-0.15, -0.1) is 0 Å². The van der Waals surface area contributed by atoms with Gasteiger partial charge in [0.05, 0.1) is 11.8 Å². The number of aliphatic hydroxyl groups excluding tert-OH is 1. The average Bonchev–Trinajstić information content (AvgIpc) is 2.95. The third-order valence-corrected chi connectivity index (χ3v) is 4.23. The summed E-state index contributed by atoms with van der Waals surface area (Å²) in [7, 11) is 0. The zero-order valence-corrected chi connectivity index (χ0v) is 11.1. The number of aliphatic hydroxyl groups is 1. The fourth-order valence-corrected chi connectivity index (χ4v) is 3.33. The average molecular weight is 267 g/mol. The predicted octanol–water partition coefficient (Wildman–Crippen LogP) is 0.787. The molecule has 2 bridgehead atoms. The highest BCUT2D eigenvalue weighted by atomic mass is 16.4. The van der Waals surface area contributed by atoms with Gasteiger partial charge >= 0.3 is 5.97 Å². The molecule has 3 N–H and O–H groups in total. The summed E-state index contributed by atoms with van der Waals surface area (Å²) < 4.78 is 0. The Bertz CT molecular complexity index is 393. The molecule has 2 rings (SSSR count). The quantitative estimate of drug-likeness (QED) is 0.621. The van der Waals surface area contributed by atoms with E-state index in [2.05, 4.69) is 5.32 Å². The topological polar surface area (TPSA) is 86.6 Å². The molecule has 1 amide bonds. The summed E-state index contributed by atoms with van der Waals surface area (Å²) in [5.74, 6) is -1.99. The van der Waals surface area contributed by atoms with Gasteiger partial charge < -0.3 is 15.5 Å². The number of hydrogen-bond acceptors (Lipinski definition) is 3. The van der Waals surface area contributed by atoms with Gasteiger partial charge in [-0.05, 0) is 38.0 Å². The third-order valence-electron chi connectivity index (χ3n) is 4.23. The van der Waals surface area contributed by atoms with Crippen molar-refractivity contribution in [2.24, 2.45) is 23.7 Å². The first-order chi connectivity index (χ1) is 9.04. The largest absolute Gasteiger partial charge is 0.481 e. The number of rotatable bonds is 6. The van der Waals surface area contributed by atoms with Gasteiger partial charge in [-0.2, -0.15) is 0 Å². The zero-order valence-electron chi connectivity index (χ0n) is 11.1. The highest BCUT2D eigenvalue weighted by molar-refractivity contribution is 5.87. The number of allylic oxidation sites excluding steroid dienone is 2. The normalized spacial score (nSPS) is 33.4. The van der Waals surface area contributed by atoms with E-state index in [-0.39, 0.29) is 30.4 Å². The molecule has 3 unspecified atom stereocenters. The summed E-state index contributed by atoms with van der Waals surface area (Å²) in [6.07, 6.45) is 6.03. The maximum Gasteiger partial charge on any atom is 0.307 e. The molecule has 0 aromatic rings. The lowest BCUT2D eigenvalue weighted by Crippen LogP contribution is -2.43. The van der Waals surface area contributed by atoms with E-state index in [1.807, 2.05) is 19.1 Å². The van der Waals surface area contributed by atoms with Gasteiger partial charge in [0, 0.05) is 12.6 Å². The Hall–Kier alpha value is -1.36. The molecule has 0 aliphatic heterocycles. The van der Waals surface area contributed by atoms with Crippen molar-refractivity contribution in [2.75, 3.05) is 6.61 Å². The molecule has 2 aliphatic rings. The molecule has 5 nitrogen and oxygen atoms in total. The minimum atomic E-state index is -0.875. The molecular weight excluding hydrogens is 246 g/mol. The Morgan fingerprint density at radius 1 is 1.32 bits per heavy atom. The maximum absolute atomic E-state index is 12.3. The Morgan fingerprint density at radius 3 is 2.53 bits per heavy atom. The number of carbonyl (C=O) groups is 2. The third kappa shape index (κ3) is 2.81. The number of nitrogens with one attached hydrogen (secondary N) is 1. The van der Waals surface area contributed by atoms with Crippen molar-refractivity contribution >= 4 is 11.9 Å². The van der Waals surface area contributed by atoms with Crippen molar-refractivity contribution < 1.29 is 19.8 Å². The van der Waals surface area contributed by atoms with Crippen LogP contribution >= 0.6 is 0 Å². The van der Waals surface area contributed by atoms with Crippen molar-refractivity contribution in [3.8, 4) is 0 Å². The van der Waals surface area contributed by atoms with E-state index in [1.165, 1.54) is 0 Å². The summed E-state index contributed by atoms with van der Waals surface area (Å²) in [5, 5.41) is 20.9. The number of amides is 1. The number of carboxylic acids is 1. The van der Waals surface area contributed by atoms with Crippen LogP contribution in [0.1, 0.15) is 26.2 Å². The summed E-state index contributed by atoms with van der Waals surface area (Å²) in [4.78, 5) is 23.6. The summed E-state index contributed by atoms with van der Waals surface area (Å²) in [6.45, 7) is 1.99. The Morgan fingerprint density at radius 2 is 1.95 bits per heavy atom. The number of fused-ring (bicyclic) bond motifs is 2. The SMILES string of the molecule is CC(CCCO)NC(=O)[C@H]1C2C=CC(C2)[C@H]1C(=O)O. The van der Waals surface area contributed by atoms with Crippen LogP contribution in [0.25, 0.3) is 0 Å². The van der Waals surface area contributed by atoms with Gasteiger partial charge in [0.2, 0.25) is 5.91 Å². The van der Waals surface area contributed by atoms with Gasteiger partial charge in [-0.3, -0.25) is 9.59 Å². The van der Waals surface area contributed by atoms with Crippen LogP contribution in [0, 0.1) is 23.7 Å². The first-order valence-electron chi connectivity index (χ1n) is 6.87. The van der Waals surface area contributed by atoms with E-state index >= 15 is 0 Å². The van der Waals surface area contributed by atoms with Gasteiger partial charge in [0.1, 0.15) is 0 Å². The standard InChI is InChI=1S/C14H21NO4/c1-8(3-2-6-16)15-13(17)11-9-4-5-10(7-9)12(11)14(18)19/h4-5,8-12,16H,2-3,6-7H2,1H3,(H,15,17)(H,18,19)/t8?,9?,10?,11-,12+/m0/s1. The number of carbonyl (C=O) groups excluding carboxylic acids is 1. The van der Waals surface area contributed by atoms with Crippen molar-refractivity contribution in [1.29, 1.82) is 0 Å². The van der Waals surface area contributed by atoms with Crippen LogP contribution in [0.4, 0.5) is 0 Å². The molecule has 5 atom stereocenters. The second-order valence-corrected chi connectivity index (χ2v) is 5.61. The predicted molar refractivity (Wildman–Crippen MR) is 69.3 cm³/mol. The number of aliphatic carboxylic acids is 1. The van der Waals surface area contributed by atoms with Crippen molar-refractivity contribution in [3.63, 3.8) is 0 Å². The fraction of sp³-hybridized carbons (Fsp3) is 0.714. The second-order valence-electron chi connectivity index (χ2n) is 5.61. The van der Waals surface area contributed by atoms with Crippen LogP contribution in [0.15, 0.2) is 12.2 Å². The number of carboxylic acid groups (broad SMARTS) is 1. The Balaban J connectivity index is 1.98. The summed E-state index contributed by atoms with van der Waals surface area (Å²) in [5.41, 5.74) is 0. The lowest BCUT2D eigenvalue weighted by atomic mass is 9.82. The van der Waals surface area contributed by atoms with E-state index in [9.17, 15) is 14.7 Å². The van der Waals surface area contributed by atoms with E-state index in [0.717, 1.165) is 6.42 Å². The molecular formula is C14H21NO4. The van der Waals surface area contributed by atoms with Crippen molar-refractivity contribution in [3.05, 3.63) is 12.2 Å². The fourth-order valence-electron chi connectivity index (χ4n) is 3.33. The second kappa shape index (κ2) is 5.74.